The van der Waals surface area contributed by atoms with Crippen molar-refractivity contribution < 1.29 is 0 Å². The van der Waals surface area contributed by atoms with Gasteiger partial charge >= 0.3 is 0 Å². The van der Waals surface area contributed by atoms with Crippen LogP contribution in [0.5, 0.6) is 0 Å². The van der Waals surface area contributed by atoms with E-state index < -0.39 is 0 Å². The van der Waals surface area contributed by atoms with Crippen LogP contribution >= 0.6 is 0 Å². The summed E-state index contributed by atoms with van der Waals surface area (Å²) in [5, 5.41) is 0. The van der Waals surface area contributed by atoms with Crippen molar-refractivity contribution in [1.29, 1.82) is 0 Å². The monoisotopic (exact) mass is 825 g/mol. The van der Waals surface area contributed by atoms with Crippen molar-refractivity contribution in [3.63, 3.8) is 0 Å². The zero-order valence-corrected chi connectivity index (χ0v) is 36.0. The van der Waals surface area contributed by atoms with Crippen LogP contribution in [0.2, 0.25) is 0 Å². The number of nitrogens with zero attached hydrogens (tertiary/aromatic N) is 7. The Morgan fingerprint density at radius 1 is 0.188 bits per heavy atom. The molecule has 0 aliphatic rings. The molecule has 10 rings (SSSR count). The van der Waals surface area contributed by atoms with Gasteiger partial charge < -0.3 is 0 Å². The summed E-state index contributed by atoms with van der Waals surface area (Å²) in [6.45, 7) is 8.00. The lowest BCUT2D eigenvalue weighted by atomic mass is 9.94. The van der Waals surface area contributed by atoms with Gasteiger partial charge in [-0.1, -0.05) is 146 Å². The van der Waals surface area contributed by atoms with E-state index >= 15 is 0 Å². The maximum absolute atomic E-state index is 5.27. The van der Waals surface area contributed by atoms with Crippen LogP contribution in [-0.4, -0.2) is 34.9 Å². The number of rotatable bonds is 9. The van der Waals surface area contributed by atoms with Crippen LogP contribution in [-0.2, 0) is 0 Å². The van der Waals surface area contributed by atoms with E-state index in [1.807, 2.05) is 52.0 Å². The Kier molecular flexibility index (Phi) is 10.7. The van der Waals surface area contributed by atoms with Crippen LogP contribution in [0.3, 0.4) is 0 Å². The quantitative estimate of drug-likeness (QED) is 0.143. The van der Waals surface area contributed by atoms with Gasteiger partial charge in [-0.05, 0) is 115 Å². The van der Waals surface area contributed by atoms with Gasteiger partial charge in [0.05, 0.1) is 0 Å². The Hall–Kier alpha value is -8.29. The Labute approximate surface area is 373 Å². The second kappa shape index (κ2) is 17.2. The standard InChI is InChI=1S/C57H43N7/c1-36-29-37(2)59-53(58-36)44-25-21-42(22-26-44)50-33-51(43-23-27-45(28-24-43)54-60-38(3)30-39(4)61-54)35-52(34-50)57-63-55(48-19-11-17-46(31-48)40-13-7-5-8-14-40)62-56(64-57)49-20-12-18-47(32-49)41-15-9-6-10-16-41/h5-35H,1-4H3. The van der Waals surface area contributed by atoms with E-state index in [0.29, 0.717) is 29.1 Å². The molecule has 0 saturated carbocycles. The molecule has 0 aliphatic heterocycles. The van der Waals surface area contributed by atoms with Crippen molar-refractivity contribution in [1.82, 2.24) is 34.9 Å². The van der Waals surface area contributed by atoms with Crippen molar-refractivity contribution in [2.75, 3.05) is 0 Å². The third kappa shape index (κ3) is 8.60. The number of benzene rings is 7. The van der Waals surface area contributed by atoms with Crippen LogP contribution in [0.1, 0.15) is 22.8 Å². The number of hydrogen-bond donors (Lipinski definition) is 0. The summed E-state index contributed by atoms with van der Waals surface area (Å²) in [6, 6.07) is 65.0. The summed E-state index contributed by atoms with van der Waals surface area (Å²) in [6.07, 6.45) is 0. The second-order valence-corrected chi connectivity index (χ2v) is 16.1. The van der Waals surface area contributed by atoms with Crippen molar-refractivity contribution >= 4 is 0 Å². The Morgan fingerprint density at radius 2 is 0.453 bits per heavy atom. The van der Waals surface area contributed by atoms with E-state index in [4.69, 9.17) is 34.9 Å². The Morgan fingerprint density at radius 3 is 0.844 bits per heavy atom. The molecule has 7 nitrogen and oxygen atoms in total. The summed E-state index contributed by atoms with van der Waals surface area (Å²) in [5.74, 6) is 3.17. The van der Waals surface area contributed by atoms with Gasteiger partial charge in [-0.3, -0.25) is 0 Å². The van der Waals surface area contributed by atoms with Crippen LogP contribution in [0.25, 0.3) is 101 Å². The van der Waals surface area contributed by atoms with Crippen LogP contribution in [0, 0.1) is 27.7 Å². The molecule has 0 bridgehead atoms. The van der Waals surface area contributed by atoms with Crippen LogP contribution < -0.4 is 0 Å². The first-order chi connectivity index (χ1) is 31.3. The molecule has 0 spiro atoms. The fourth-order valence-electron chi connectivity index (χ4n) is 8.12. The molecule has 64 heavy (non-hydrogen) atoms. The molecule has 0 saturated heterocycles. The summed E-state index contributed by atoms with van der Waals surface area (Å²) in [5.41, 5.74) is 16.8. The van der Waals surface area contributed by atoms with Gasteiger partial charge in [-0.2, -0.15) is 0 Å². The Bertz CT molecular complexity index is 3040. The molecular weight excluding hydrogens is 783 g/mol. The van der Waals surface area contributed by atoms with Gasteiger partial charge in [-0.25, -0.2) is 34.9 Å². The highest BCUT2D eigenvalue weighted by molar-refractivity contribution is 5.82. The zero-order chi connectivity index (χ0) is 43.6. The molecule has 10 aromatic rings. The largest absolute Gasteiger partial charge is 0.233 e. The number of aryl methyl sites for hydroxylation is 4. The molecule has 3 aromatic heterocycles. The molecule has 0 atom stereocenters. The lowest BCUT2D eigenvalue weighted by Gasteiger charge is -2.14. The van der Waals surface area contributed by atoms with Gasteiger partial charge in [0.25, 0.3) is 0 Å². The molecule has 0 unspecified atom stereocenters. The number of hydrogen-bond acceptors (Lipinski definition) is 7. The minimum atomic E-state index is 0.568. The lowest BCUT2D eigenvalue weighted by molar-refractivity contribution is 1.06. The third-order valence-electron chi connectivity index (χ3n) is 11.2. The average Bonchev–Trinajstić information content (AvgIpc) is 3.34. The van der Waals surface area contributed by atoms with Gasteiger partial charge in [0.2, 0.25) is 0 Å². The zero-order valence-electron chi connectivity index (χ0n) is 36.0. The third-order valence-corrected chi connectivity index (χ3v) is 11.2. The van der Waals surface area contributed by atoms with E-state index in [9.17, 15) is 0 Å². The number of aromatic nitrogens is 7. The molecule has 0 radical (unpaired) electrons. The maximum Gasteiger partial charge on any atom is 0.164 e. The molecule has 3 heterocycles. The van der Waals surface area contributed by atoms with Gasteiger partial charge in [0.15, 0.2) is 29.1 Å². The SMILES string of the molecule is Cc1cc(C)nc(-c2ccc(-c3cc(-c4ccc(-c5nc(C)cc(C)n5)cc4)cc(-c4nc(-c5cccc(-c6ccccc6)c5)nc(-c5cccc(-c6ccccc6)c5)n4)c3)cc2)n1. The minimum absolute atomic E-state index is 0.568. The molecule has 0 aliphatic carbocycles. The molecule has 7 heteroatoms. The van der Waals surface area contributed by atoms with Gasteiger partial charge in [0, 0.05) is 50.6 Å². The Balaban J connectivity index is 1.14. The highest BCUT2D eigenvalue weighted by Gasteiger charge is 2.17. The minimum Gasteiger partial charge on any atom is -0.233 e. The van der Waals surface area contributed by atoms with Crippen molar-refractivity contribution in [2.45, 2.75) is 27.7 Å². The van der Waals surface area contributed by atoms with E-state index in [-0.39, 0.29) is 0 Å². The topological polar surface area (TPSA) is 90.2 Å². The average molecular weight is 826 g/mol. The highest BCUT2D eigenvalue weighted by Crippen LogP contribution is 2.36. The van der Waals surface area contributed by atoms with E-state index in [0.717, 1.165) is 95.1 Å². The van der Waals surface area contributed by atoms with Gasteiger partial charge in [-0.15, -0.1) is 0 Å². The first kappa shape index (κ1) is 39.8. The normalized spacial score (nSPS) is 11.1. The van der Waals surface area contributed by atoms with E-state index in [1.54, 1.807) is 0 Å². The van der Waals surface area contributed by atoms with Gasteiger partial charge in [0.1, 0.15) is 0 Å². The van der Waals surface area contributed by atoms with Crippen molar-refractivity contribution in [2.24, 2.45) is 0 Å². The summed E-state index contributed by atoms with van der Waals surface area (Å²) in [4.78, 5) is 34.6. The van der Waals surface area contributed by atoms with E-state index in [2.05, 4.69) is 164 Å². The van der Waals surface area contributed by atoms with Crippen molar-refractivity contribution in [3.8, 4) is 101 Å². The lowest BCUT2D eigenvalue weighted by Crippen LogP contribution is -2.01. The first-order valence-electron chi connectivity index (χ1n) is 21.4. The fourth-order valence-corrected chi connectivity index (χ4v) is 8.12. The fraction of sp³-hybridized carbons (Fsp3) is 0.0702. The summed E-state index contributed by atoms with van der Waals surface area (Å²) >= 11 is 0. The molecule has 0 amide bonds. The maximum atomic E-state index is 5.27. The van der Waals surface area contributed by atoms with Crippen LogP contribution in [0.15, 0.2) is 188 Å². The summed E-state index contributed by atoms with van der Waals surface area (Å²) < 4.78 is 0. The molecule has 0 N–H and O–H groups in total. The molecule has 7 aromatic carbocycles. The highest BCUT2D eigenvalue weighted by atomic mass is 15.0. The first-order valence-corrected chi connectivity index (χ1v) is 21.4. The smallest absolute Gasteiger partial charge is 0.164 e. The predicted molar refractivity (Wildman–Crippen MR) is 259 cm³/mol. The second-order valence-electron chi connectivity index (χ2n) is 16.1. The molecule has 306 valence electrons. The molecular formula is C57H43N7. The molecule has 0 fully saturated rings. The summed E-state index contributed by atoms with van der Waals surface area (Å²) in [7, 11) is 0. The van der Waals surface area contributed by atoms with Crippen molar-refractivity contribution in [3.05, 3.63) is 211 Å². The van der Waals surface area contributed by atoms with Crippen LogP contribution in [0.4, 0.5) is 0 Å². The van der Waals surface area contributed by atoms with E-state index in [1.165, 1.54) is 0 Å². The predicted octanol–water partition coefficient (Wildman–Crippen LogP) is 13.7.